The number of fused-ring (bicyclic) bond motifs is 10. The van der Waals surface area contributed by atoms with Crippen LogP contribution in [0.25, 0.3) is 21.9 Å². The molecule has 0 atom stereocenters. The van der Waals surface area contributed by atoms with E-state index in [9.17, 15) is 19.2 Å². The number of hydrogen-bond donors (Lipinski definition) is 0. The van der Waals surface area contributed by atoms with Crippen molar-refractivity contribution in [1.29, 1.82) is 0 Å². The van der Waals surface area contributed by atoms with E-state index in [4.69, 9.17) is 0 Å². The average molecular weight is 665 g/mol. The van der Waals surface area contributed by atoms with Crippen molar-refractivity contribution >= 4 is 58.0 Å². The number of ketones is 4. The van der Waals surface area contributed by atoms with Crippen molar-refractivity contribution in [3.63, 3.8) is 0 Å². The summed E-state index contributed by atoms with van der Waals surface area (Å²) in [7, 11) is 0. The highest BCUT2D eigenvalue weighted by molar-refractivity contribution is 7.23. The first-order valence-corrected chi connectivity index (χ1v) is 18.9. The monoisotopic (exact) mass is 664 g/mol. The fourth-order valence-electron chi connectivity index (χ4n) is 9.86. The Labute approximate surface area is 286 Å². The van der Waals surface area contributed by atoms with Crippen LogP contribution in [0.2, 0.25) is 0 Å². The Morgan fingerprint density at radius 2 is 1.04 bits per heavy atom. The van der Waals surface area contributed by atoms with E-state index in [0.717, 1.165) is 49.0 Å². The van der Waals surface area contributed by atoms with E-state index < -0.39 is 0 Å². The molecule has 2 heterocycles. The smallest absolute Gasteiger partial charge is 0.197 e. The van der Waals surface area contributed by atoms with Gasteiger partial charge in [-0.2, -0.15) is 0 Å². The molecule has 2 aromatic heterocycles. The maximum atomic E-state index is 13.5. The lowest BCUT2D eigenvalue weighted by Crippen LogP contribution is -2.35. The molecule has 0 radical (unpaired) electrons. The van der Waals surface area contributed by atoms with Crippen LogP contribution >= 0.6 is 22.7 Å². The van der Waals surface area contributed by atoms with Gasteiger partial charge in [-0.3, -0.25) is 19.2 Å². The Morgan fingerprint density at radius 3 is 1.58 bits per heavy atom. The Bertz CT molecular complexity index is 2200. The van der Waals surface area contributed by atoms with Gasteiger partial charge < -0.3 is 0 Å². The van der Waals surface area contributed by atoms with Gasteiger partial charge in [-0.15, -0.1) is 22.7 Å². The van der Waals surface area contributed by atoms with Gasteiger partial charge in [0, 0.05) is 52.6 Å². The minimum Gasteiger partial charge on any atom is -0.288 e. The van der Waals surface area contributed by atoms with Crippen molar-refractivity contribution in [1.82, 2.24) is 0 Å². The molecule has 4 aromatic rings. The Balaban J connectivity index is 1.12. The van der Waals surface area contributed by atoms with E-state index in [1.807, 2.05) is 47.8 Å². The van der Waals surface area contributed by atoms with Crippen molar-refractivity contribution < 1.29 is 19.2 Å². The third kappa shape index (κ3) is 3.65. The molecule has 6 aliphatic rings. The molecule has 6 heteroatoms. The van der Waals surface area contributed by atoms with E-state index in [2.05, 4.69) is 12.1 Å². The molecule has 0 unspecified atom stereocenters. The summed E-state index contributed by atoms with van der Waals surface area (Å²) in [5.41, 5.74) is 7.79. The zero-order valence-electron chi connectivity index (χ0n) is 26.4. The predicted molar refractivity (Wildman–Crippen MR) is 191 cm³/mol. The normalized spacial score (nSPS) is 21.0. The maximum absolute atomic E-state index is 13.5. The van der Waals surface area contributed by atoms with Gasteiger partial charge in [-0.25, -0.2) is 0 Å². The Morgan fingerprint density at radius 1 is 0.542 bits per heavy atom. The summed E-state index contributed by atoms with van der Waals surface area (Å²) in [5, 5.41) is 0. The lowest BCUT2D eigenvalue weighted by Gasteiger charge is -2.42. The highest BCUT2D eigenvalue weighted by atomic mass is 32.1. The van der Waals surface area contributed by atoms with Crippen LogP contribution in [0, 0.1) is 0 Å². The van der Waals surface area contributed by atoms with E-state index in [1.165, 1.54) is 57.0 Å². The van der Waals surface area contributed by atoms with Gasteiger partial charge in [0.2, 0.25) is 0 Å². The van der Waals surface area contributed by atoms with Crippen molar-refractivity contribution in [2.75, 3.05) is 0 Å². The third-order valence-electron chi connectivity index (χ3n) is 12.0. The molecule has 0 saturated heterocycles. The van der Waals surface area contributed by atoms with Crippen molar-refractivity contribution in [2.45, 2.75) is 75.0 Å². The van der Waals surface area contributed by atoms with Crippen molar-refractivity contribution in [3.05, 3.63) is 126 Å². The number of thiophene rings is 2. The molecule has 0 amide bonds. The topological polar surface area (TPSA) is 68.3 Å². The van der Waals surface area contributed by atoms with E-state index in [0.29, 0.717) is 27.8 Å². The van der Waals surface area contributed by atoms with E-state index in [-0.39, 0.29) is 39.5 Å². The maximum Gasteiger partial charge on any atom is 0.197 e. The summed E-state index contributed by atoms with van der Waals surface area (Å²) in [6, 6.07) is 16.6. The van der Waals surface area contributed by atoms with Crippen LogP contribution in [0.3, 0.4) is 0 Å². The minimum atomic E-state index is -0.197. The molecular formula is C42H32O4S2. The molecule has 2 spiro atoms. The first-order chi connectivity index (χ1) is 23.4. The van der Waals surface area contributed by atoms with Crippen LogP contribution in [0.15, 0.2) is 77.4 Å². The lowest BCUT2D eigenvalue weighted by molar-refractivity contribution is 0.0974. The molecule has 48 heavy (non-hydrogen) atoms. The second-order valence-corrected chi connectivity index (χ2v) is 16.5. The highest BCUT2D eigenvalue weighted by Crippen LogP contribution is 2.67. The second kappa shape index (κ2) is 10.1. The molecule has 10 rings (SSSR count). The molecule has 2 aromatic carbocycles. The standard InChI is InChI=1S/C42H32O4S2/c43-35-25-11-3-4-12-26(25)36(44)29(35)19-23-20-32-33(41(23)15-7-1-8-16-41)34-40(48-32)39-31(42(34)17-9-2-10-18-42)22-24(47-39)21-30-37(45)27-13-5-6-14-28(27)38(30)46/h3-6,11-14,19-22H,1-2,7-10,15-18H2. The summed E-state index contributed by atoms with van der Waals surface area (Å²) in [6.07, 6.45) is 17.4. The molecule has 4 nitrogen and oxygen atoms in total. The minimum absolute atomic E-state index is 0.0942. The first kappa shape index (κ1) is 28.7. The number of carbonyl (C=O) groups excluding carboxylic acids is 4. The van der Waals surface area contributed by atoms with Gasteiger partial charge in [0.25, 0.3) is 0 Å². The van der Waals surface area contributed by atoms with E-state index in [1.54, 1.807) is 35.6 Å². The van der Waals surface area contributed by atoms with Crippen LogP contribution in [-0.2, 0) is 10.8 Å². The van der Waals surface area contributed by atoms with Gasteiger partial charge >= 0.3 is 0 Å². The largest absolute Gasteiger partial charge is 0.288 e. The summed E-state index contributed by atoms with van der Waals surface area (Å²) in [4.78, 5) is 58.5. The van der Waals surface area contributed by atoms with E-state index >= 15 is 0 Å². The average Bonchev–Trinajstić information content (AvgIpc) is 3.92. The van der Waals surface area contributed by atoms with Crippen molar-refractivity contribution in [2.24, 2.45) is 0 Å². The summed E-state index contributed by atoms with van der Waals surface area (Å²) >= 11 is 3.59. The lowest BCUT2D eigenvalue weighted by atomic mass is 9.61. The van der Waals surface area contributed by atoms with Crippen molar-refractivity contribution in [3.8, 4) is 9.75 Å². The Hall–Kier alpha value is -4.26. The number of carbonyl (C=O) groups is 4. The van der Waals surface area contributed by atoms with Gasteiger partial charge in [-0.1, -0.05) is 87.1 Å². The number of allylic oxidation sites excluding steroid dienone is 4. The fourth-order valence-corrected chi connectivity index (χ4v) is 12.7. The summed E-state index contributed by atoms with van der Waals surface area (Å²) in [5.74, 6) is -0.669. The van der Waals surface area contributed by atoms with Crippen LogP contribution in [0.4, 0.5) is 0 Å². The fraction of sp³-hybridized carbons (Fsp3) is 0.286. The van der Waals surface area contributed by atoms with Gasteiger partial charge in [-0.05, 0) is 72.2 Å². The van der Waals surface area contributed by atoms with Crippen LogP contribution in [0.5, 0.6) is 0 Å². The SMILES string of the molecule is O=C1C(=CC2=Cc3sc4c(c3C23CCCCC3)C2(CCCCC2)c2cc(C=C3C(=O)c5ccccc5C3=O)sc2-4)C(=O)c2ccccc21. The van der Waals surface area contributed by atoms with Gasteiger partial charge in [0.05, 0.1) is 11.1 Å². The number of benzene rings is 2. The van der Waals surface area contributed by atoms with Crippen LogP contribution in [-0.4, -0.2) is 23.1 Å². The van der Waals surface area contributed by atoms with Crippen LogP contribution in [0.1, 0.15) is 132 Å². The molecular weight excluding hydrogens is 633 g/mol. The molecule has 2 saturated carbocycles. The third-order valence-corrected chi connectivity index (χ3v) is 14.4. The quantitative estimate of drug-likeness (QED) is 0.158. The number of hydrogen-bond acceptors (Lipinski definition) is 6. The molecule has 0 N–H and O–H groups in total. The second-order valence-electron chi connectivity index (χ2n) is 14.3. The summed E-state index contributed by atoms with van der Waals surface area (Å²) in [6.45, 7) is 0. The zero-order valence-corrected chi connectivity index (χ0v) is 28.1. The molecule has 236 valence electrons. The molecule has 0 aliphatic heterocycles. The zero-order chi connectivity index (χ0) is 32.4. The number of Topliss-reactive ketones (excluding diaryl/α,β-unsaturated/α-hetero) is 4. The molecule has 0 bridgehead atoms. The molecule has 6 aliphatic carbocycles. The van der Waals surface area contributed by atoms with Gasteiger partial charge in [0.15, 0.2) is 23.1 Å². The predicted octanol–water partition coefficient (Wildman–Crippen LogP) is 10.1. The summed E-state index contributed by atoms with van der Waals surface area (Å²) < 4.78 is 0. The van der Waals surface area contributed by atoms with Gasteiger partial charge in [0.1, 0.15) is 0 Å². The first-order valence-electron chi connectivity index (χ1n) is 17.3. The molecule has 2 fully saturated rings. The number of rotatable bonds is 2. The van der Waals surface area contributed by atoms with Crippen LogP contribution < -0.4 is 0 Å². The Kier molecular flexibility index (Phi) is 6.06. The highest BCUT2D eigenvalue weighted by Gasteiger charge is 2.54.